The Hall–Kier alpha value is -0.950. The first-order valence-electron chi connectivity index (χ1n) is 8.86. The number of ether oxygens (including phenoxy) is 1. The van der Waals surface area contributed by atoms with Gasteiger partial charge in [0.2, 0.25) is 10.0 Å². The van der Waals surface area contributed by atoms with E-state index < -0.39 is 10.0 Å². The van der Waals surface area contributed by atoms with Gasteiger partial charge in [-0.05, 0) is 51.3 Å². The van der Waals surface area contributed by atoms with Gasteiger partial charge in [-0.1, -0.05) is 18.2 Å². The Labute approximate surface area is 145 Å². The van der Waals surface area contributed by atoms with Crippen LogP contribution in [0.2, 0.25) is 0 Å². The van der Waals surface area contributed by atoms with E-state index in [1.807, 2.05) is 19.1 Å². The van der Waals surface area contributed by atoms with Crippen LogP contribution >= 0.6 is 0 Å². The van der Waals surface area contributed by atoms with E-state index in [-0.39, 0.29) is 6.10 Å². The zero-order valence-electron chi connectivity index (χ0n) is 14.6. The van der Waals surface area contributed by atoms with Crippen molar-refractivity contribution in [2.24, 2.45) is 0 Å². The average molecular weight is 353 g/mol. The summed E-state index contributed by atoms with van der Waals surface area (Å²) in [6.45, 7) is 5.13. The standard InChI is InChI=1S/C18H28N2O3S/c1-15-5-3-4-6-18(15)24(21,22)20-13-9-17(10-14-20)23-16-7-11-19(2)12-8-16/h3-6,16-17H,7-14H2,1-2H3. The molecule has 0 amide bonds. The summed E-state index contributed by atoms with van der Waals surface area (Å²) in [5.41, 5.74) is 0.808. The Bertz CT molecular complexity index is 646. The second-order valence-electron chi connectivity index (χ2n) is 7.01. The van der Waals surface area contributed by atoms with Crippen LogP contribution in [0.1, 0.15) is 31.2 Å². The summed E-state index contributed by atoms with van der Waals surface area (Å²) in [5, 5.41) is 0. The van der Waals surface area contributed by atoms with Gasteiger partial charge in [-0.25, -0.2) is 8.42 Å². The van der Waals surface area contributed by atoms with Crippen LogP contribution in [0.3, 0.4) is 0 Å². The maximum atomic E-state index is 12.8. The van der Waals surface area contributed by atoms with Gasteiger partial charge in [0, 0.05) is 26.2 Å². The fraction of sp³-hybridized carbons (Fsp3) is 0.667. The number of piperidine rings is 2. The van der Waals surface area contributed by atoms with E-state index in [9.17, 15) is 8.42 Å². The average Bonchev–Trinajstić information content (AvgIpc) is 2.58. The largest absolute Gasteiger partial charge is 0.375 e. The van der Waals surface area contributed by atoms with Crippen LogP contribution in [0.5, 0.6) is 0 Å². The summed E-state index contributed by atoms with van der Waals surface area (Å²) in [4.78, 5) is 2.76. The second-order valence-corrected chi connectivity index (χ2v) is 8.91. The molecule has 134 valence electrons. The molecule has 2 saturated heterocycles. The summed E-state index contributed by atoms with van der Waals surface area (Å²) < 4.78 is 33.5. The van der Waals surface area contributed by atoms with Crippen LogP contribution < -0.4 is 0 Å². The van der Waals surface area contributed by atoms with E-state index in [2.05, 4.69) is 11.9 Å². The minimum atomic E-state index is -3.39. The van der Waals surface area contributed by atoms with Gasteiger partial charge < -0.3 is 9.64 Å². The van der Waals surface area contributed by atoms with Crippen LogP contribution in [0, 0.1) is 6.92 Å². The van der Waals surface area contributed by atoms with Crippen molar-refractivity contribution < 1.29 is 13.2 Å². The lowest BCUT2D eigenvalue weighted by atomic mass is 10.1. The first kappa shape index (κ1) is 17.9. The first-order valence-corrected chi connectivity index (χ1v) is 10.3. The summed E-state index contributed by atoms with van der Waals surface area (Å²) in [5.74, 6) is 0. The molecular formula is C18H28N2O3S. The van der Waals surface area contributed by atoms with Gasteiger partial charge in [0.25, 0.3) is 0 Å². The van der Waals surface area contributed by atoms with Crippen LogP contribution in [0.25, 0.3) is 0 Å². The molecule has 0 aliphatic carbocycles. The number of benzene rings is 1. The molecule has 5 nitrogen and oxygen atoms in total. The third-order valence-corrected chi connectivity index (χ3v) is 7.22. The van der Waals surface area contributed by atoms with E-state index in [1.165, 1.54) is 0 Å². The number of rotatable bonds is 4. The molecule has 2 aliphatic heterocycles. The van der Waals surface area contributed by atoms with Crippen LogP contribution in [0.15, 0.2) is 29.2 Å². The highest BCUT2D eigenvalue weighted by Gasteiger charge is 2.31. The Kier molecular flexibility index (Phi) is 5.59. The molecule has 0 aromatic heterocycles. The number of likely N-dealkylation sites (tertiary alicyclic amines) is 1. The number of aryl methyl sites for hydroxylation is 1. The first-order chi connectivity index (χ1) is 11.5. The molecule has 2 aliphatic rings. The van der Waals surface area contributed by atoms with Gasteiger partial charge in [-0.2, -0.15) is 4.31 Å². The minimum absolute atomic E-state index is 0.196. The maximum absolute atomic E-state index is 12.8. The van der Waals surface area contributed by atoms with Gasteiger partial charge in [0.1, 0.15) is 0 Å². The number of nitrogens with zero attached hydrogens (tertiary/aromatic N) is 2. The zero-order valence-corrected chi connectivity index (χ0v) is 15.5. The Balaban J connectivity index is 1.56. The molecule has 2 heterocycles. The fourth-order valence-corrected chi connectivity index (χ4v) is 5.28. The van der Waals surface area contributed by atoms with Crippen LogP contribution in [0.4, 0.5) is 0 Å². The van der Waals surface area contributed by atoms with Gasteiger partial charge in [-0.3, -0.25) is 0 Å². The zero-order chi connectivity index (χ0) is 17.2. The molecule has 0 N–H and O–H groups in total. The van der Waals surface area contributed by atoms with Gasteiger partial charge in [0.05, 0.1) is 17.1 Å². The number of hydrogen-bond acceptors (Lipinski definition) is 4. The quantitative estimate of drug-likeness (QED) is 0.834. The van der Waals surface area contributed by atoms with Crippen LogP contribution in [-0.4, -0.2) is 63.1 Å². The molecule has 0 bridgehead atoms. The lowest BCUT2D eigenvalue weighted by Gasteiger charge is -2.36. The molecule has 0 unspecified atom stereocenters. The fourth-order valence-electron chi connectivity index (χ4n) is 3.59. The summed E-state index contributed by atoms with van der Waals surface area (Å²) >= 11 is 0. The molecule has 6 heteroatoms. The van der Waals surface area contributed by atoms with E-state index in [0.717, 1.165) is 44.3 Å². The van der Waals surface area contributed by atoms with Crippen molar-refractivity contribution in [3.8, 4) is 0 Å². The lowest BCUT2D eigenvalue weighted by molar-refractivity contribution is -0.0564. The third kappa shape index (κ3) is 3.99. The van der Waals surface area contributed by atoms with Gasteiger partial charge in [-0.15, -0.1) is 0 Å². The molecule has 1 aromatic rings. The Morgan fingerprint density at radius 1 is 0.958 bits per heavy atom. The molecular weight excluding hydrogens is 324 g/mol. The smallest absolute Gasteiger partial charge is 0.243 e. The molecule has 0 atom stereocenters. The highest BCUT2D eigenvalue weighted by Crippen LogP contribution is 2.26. The van der Waals surface area contributed by atoms with Crippen molar-refractivity contribution in [3.05, 3.63) is 29.8 Å². The molecule has 0 radical (unpaired) electrons. The highest BCUT2D eigenvalue weighted by molar-refractivity contribution is 7.89. The molecule has 0 spiro atoms. The second kappa shape index (κ2) is 7.52. The monoisotopic (exact) mass is 352 g/mol. The number of sulfonamides is 1. The molecule has 3 rings (SSSR count). The lowest BCUT2D eigenvalue weighted by Crippen LogP contribution is -2.43. The molecule has 2 fully saturated rings. The highest BCUT2D eigenvalue weighted by atomic mass is 32.2. The van der Waals surface area contributed by atoms with Crippen molar-refractivity contribution in [3.63, 3.8) is 0 Å². The van der Waals surface area contributed by atoms with Crippen molar-refractivity contribution in [1.82, 2.24) is 9.21 Å². The van der Waals surface area contributed by atoms with Gasteiger partial charge in [0.15, 0.2) is 0 Å². The van der Waals surface area contributed by atoms with E-state index in [4.69, 9.17) is 4.74 Å². The van der Waals surface area contributed by atoms with E-state index >= 15 is 0 Å². The SMILES string of the molecule is Cc1ccccc1S(=O)(=O)N1CCC(OC2CCN(C)CC2)CC1. The van der Waals surface area contributed by atoms with E-state index in [1.54, 1.807) is 16.4 Å². The Morgan fingerprint density at radius 2 is 1.50 bits per heavy atom. The Morgan fingerprint density at radius 3 is 2.08 bits per heavy atom. The summed E-state index contributed by atoms with van der Waals surface area (Å²) in [7, 11) is -1.24. The summed E-state index contributed by atoms with van der Waals surface area (Å²) in [6, 6.07) is 7.21. The predicted octanol–water partition coefficient (Wildman–Crippen LogP) is 2.26. The van der Waals surface area contributed by atoms with Gasteiger partial charge >= 0.3 is 0 Å². The third-order valence-electron chi connectivity index (χ3n) is 5.16. The molecule has 24 heavy (non-hydrogen) atoms. The predicted molar refractivity (Wildman–Crippen MR) is 94.6 cm³/mol. The normalized spacial score (nSPS) is 22.8. The number of hydrogen-bond donors (Lipinski definition) is 0. The minimum Gasteiger partial charge on any atom is -0.375 e. The summed E-state index contributed by atoms with van der Waals surface area (Å²) in [6.07, 6.45) is 4.28. The van der Waals surface area contributed by atoms with Crippen LogP contribution in [-0.2, 0) is 14.8 Å². The topological polar surface area (TPSA) is 49.9 Å². The molecule has 0 saturated carbocycles. The maximum Gasteiger partial charge on any atom is 0.243 e. The molecule has 1 aromatic carbocycles. The van der Waals surface area contributed by atoms with E-state index in [0.29, 0.717) is 24.1 Å². The van der Waals surface area contributed by atoms with Crippen molar-refractivity contribution >= 4 is 10.0 Å². The van der Waals surface area contributed by atoms with Crippen molar-refractivity contribution in [1.29, 1.82) is 0 Å². The van der Waals surface area contributed by atoms with Crippen molar-refractivity contribution in [2.45, 2.75) is 49.7 Å². The van der Waals surface area contributed by atoms with Crippen molar-refractivity contribution in [2.75, 3.05) is 33.2 Å².